The summed E-state index contributed by atoms with van der Waals surface area (Å²) in [5.41, 5.74) is 4.34. The second kappa shape index (κ2) is 10.2. The van der Waals surface area contributed by atoms with E-state index in [0.29, 0.717) is 33.9 Å². The predicted octanol–water partition coefficient (Wildman–Crippen LogP) is 7.97. The zero-order valence-corrected chi connectivity index (χ0v) is 25.5. The van der Waals surface area contributed by atoms with Gasteiger partial charge in [0.15, 0.2) is 17.2 Å². The number of carbonyl (C=O) groups is 1. The minimum atomic E-state index is -0.556. The van der Waals surface area contributed by atoms with Crippen LogP contribution in [0.15, 0.2) is 141 Å². The van der Waals surface area contributed by atoms with Gasteiger partial charge < -0.3 is 13.8 Å². The van der Waals surface area contributed by atoms with Crippen molar-refractivity contribution in [1.29, 1.82) is 0 Å². The lowest BCUT2D eigenvalue weighted by Crippen LogP contribution is -2.21. The summed E-state index contributed by atoms with van der Waals surface area (Å²) in [7, 11) is 0. The average Bonchev–Trinajstić information content (AvgIpc) is 3.94. The van der Waals surface area contributed by atoms with E-state index < -0.39 is 11.3 Å². The molecule has 6 heterocycles. The summed E-state index contributed by atoms with van der Waals surface area (Å²) < 4.78 is 14.9. The van der Waals surface area contributed by atoms with Gasteiger partial charge in [-0.15, -0.1) is 5.10 Å². The molecule has 232 valence electrons. The number of benzene rings is 4. The van der Waals surface area contributed by atoms with E-state index in [1.165, 1.54) is 9.08 Å². The molecule has 0 radical (unpaired) electrons. The van der Waals surface area contributed by atoms with Crippen LogP contribution in [0.25, 0.3) is 77.9 Å². The van der Waals surface area contributed by atoms with Crippen LogP contribution in [0.3, 0.4) is 0 Å². The number of carbonyl (C=O) groups excluding carboxylic acids is 1. The van der Waals surface area contributed by atoms with Gasteiger partial charge in [-0.1, -0.05) is 72.8 Å². The first-order valence-corrected chi connectivity index (χ1v) is 15.6. The number of para-hydroxylation sites is 4. The maximum atomic E-state index is 14.9. The highest BCUT2D eigenvalue weighted by Gasteiger charge is 2.28. The standard InChI is InChI=1S/C39H22N6O4/c46-35(33-19-23-11-5-9-17-31(23)49-33)37-43-45(24-12-2-1-3-13-24)39-42-36-34(38(47)44(37)39)26(27-21-40-28-15-7-6-14-25(27)28)20-29(41-36)32-18-22-10-4-8-16-30(22)48-32/h1-21,40H. The van der Waals surface area contributed by atoms with E-state index in [1.807, 2.05) is 115 Å². The van der Waals surface area contributed by atoms with E-state index in [-0.39, 0.29) is 28.4 Å². The fraction of sp³-hybridized carbons (Fsp3) is 0. The van der Waals surface area contributed by atoms with Gasteiger partial charge in [-0.3, -0.25) is 9.59 Å². The van der Waals surface area contributed by atoms with Gasteiger partial charge in [0.25, 0.3) is 11.3 Å². The Labute approximate surface area is 275 Å². The molecule has 0 fully saturated rings. The molecule has 0 saturated carbocycles. The summed E-state index contributed by atoms with van der Waals surface area (Å²) in [5, 5.41) is 7.52. The van der Waals surface area contributed by atoms with Gasteiger partial charge >= 0.3 is 0 Å². The molecular formula is C39H22N6O4. The Kier molecular flexibility index (Phi) is 5.65. The Morgan fingerprint density at radius 2 is 1.43 bits per heavy atom. The van der Waals surface area contributed by atoms with Crippen LogP contribution in [0, 0.1) is 0 Å². The molecule has 0 bridgehead atoms. The minimum Gasteiger partial charge on any atom is -0.454 e. The lowest BCUT2D eigenvalue weighted by Gasteiger charge is -2.09. The summed E-state index contributed by atoms with van der Waals surface area (Å²) in [6.07, 6.45) is 1.87. The molecule has 49 heavy (non-hydrogen) atoms. The Morgan fingerprint density at radius 1 is 0.714 bits per heavy atom. The lowest BCUT2D eigenvalue weighted by molar-refractivity contribution is 0.0999. The van der Waals surface area contributed by atoms with Crippen LogP contribution >= 0.6 is 0 Å². The van der Waals surface area contributed by atoms with Crippen molar-refractivity contribution in [1.82, 2.24) is 29.1 Å². The van der Waals surface area contributed by atoms with Gasteiger partial charge in [-0.25, -0.2) is 9.38 Å². The topological polar surface area (TPSA) is 124 Å². The van der Waals surface area contributed by atoms with Crippen molar-refractivity contribution < 1.29 is 13.6 Å². The molecule has 0 amide bonds. The van der Waals surface area contributed by atoms with Gasteiger partial charge in [0.2, 0.25) is 11.6 Å². The van der Waals surface area contributed by atoms with Crippen LogP contribution in [0.5, 0.6) is 0 Å². The number of H-pyrrole nitrogens is 1. The molecule has 0 aliphatic heterocycles. The highest BCUT2D eigenvalue weighted by Crippen LogP contribution is 2.36. The van der Waals surface area contributed by atoms with Crippen LogP contribution in [0.1, 0.15) is 16.4 Å². The molecular weight excluding hydrogens is 616 g/mol. The third-order valence-electron chi connectivity index (χ3n) is 8.83. The first kappa shape index (κ1) is 27.1. The number of hydrogen-bond donors (Lipinski definition) is 1. The zero-order valence-electron chi connectivity index (χ0n) is 25.5. The molecule has 6 aromatic heterocycles. The van der Waals surface area contributed by atoms with Crippen molar-refractivity contribution in [3.63, 3.8) is 0 Å². The number of fused-ring (bicyclic) bond motifs is 5. The summed E-state index contributed by atoms with van der Waals surface area (Å²) in [6.45, 7) is 0. The lowest BCUT2D eigenvalue weighted by atomic mass is 10.0. The fourth-order valence-electron chi connectivity index (χ4n) is 6.52. The van der Waals surface area contributed by atoms with E-state index in [9.17, 15) is 9.59 Å². The van der Waals surface area contributed by atoms with Gasteiger partial charge in [0, 0.05) is 39.0 Å². The predicted molar refractivity (Wildman–Crippen MR) is 186 cm³/mol. The highest BCUT2D eigenvalue weighted by atomic mass is 16.3. The first-order valence-electron chi connectivity index (χ1n) is 15.6. The van der Waals surface area contributed by atoms with Gasteiger partial charge in [-0.2, -0.15) is 9.67 Å². The van der Waals surface area contributed by atoms with Crippen LogP contribution in [0.4, 0.5) is 0 Å². The van der Waals surface area contributed by atoms with Crippen molar-refractivity contribution >= 4 is 55.4 Å². The number of aromatic nitrogens is 6. The molecule has 10 rings (SSSR count). The van der Waals surface area contributed by atoms with Gasteiger partial charge in [0.1, 0.15) is 16.9 Å². The number of nitrogens with zero attached hydrogens (tertiary/aromatic N) is 5. The summed E-state index contributed by atoms with van der Waals surface area (Å²) >= 11 is 0. The van der Waals surface area contributed by atoms with E-state index in [0.717, 1.165) is 27.2 Å². The first-order chi connectivity index (χ1) is 24.1. The molecule has 4 aromatic carbocycles. The molecule has 0 aliphatic rings. The van der Waals surface area contributed by atoms with Crippen LogP contribution < -0.4 is 5.56 Å². The average molecular weight is 639 g/mol. The second-order valence-corrected chi connectivity index (χ2v) is 11.8. The molecule has 0 unspecified atom stereocenters. The summed E-state index contributed by atoms with van der Waals surface area (Å²) in [6, 6.07) is 37.6. The van der Waals surface area contributed by atoms with Gasteiger partial charge in [-0.05, 0) is 48.5 Å². The van der Waals surface area contributed by atoms with E-state index in [4.69, 9.17) is 23.9 Å². The van der Waals surface area contributed by atoms with Crippen LogP contribution in [-0.4, -0.2) is 34.9 Å². The number of aromatic amines is 1. The van der Waals surface area contributed by atoms with Crippen molar-refractivity contribution in [2.45, 2.75) is 0 Å². The third kappa shape index (κ3) is 4.10. The molecule has 0 saturated heterocycles. The summed E-state index contributed by atoms with van der Waals surface area (Å²) in [5.74, 6) is 0.0250. The monoisotopic (exact) mass is 638 g/mol. The highest BCUT2D eigenvalue weighted by molar-refractivity contribution is 6.08. The number of ketones is 1. The summed E-state index contributed by atoms with van der Waals surface area (Å²) in [4.78, 5) is 42.3. The number of furan rings is 2. The number of rotatable bonds is 5. The van der Waals surface area contributed by atoms with E-state index in [2.05, 4.69) is 4.98 Å². The number of pyridine rings is 1. The smallest absolute Gasteiger partial charge is 0.271 e. The fourth-order valence-corrected chi connectivity index (χ4v) is 6.52. The van der Waals surface area contributed by atoms with Crippen molar-refractivity contribution in [3.8, 4) is 28.3 Å². The maximum Gasteiger partial charge on any atom is 0.271 e. The Morgan fingerprint density at radius 3 is 2.22 bits per heavy atom. The van der Waals surface area contributed by atoms with Gasteiger partial charge in [0.05, 0.1) is 11.1 Å². The Balaban J connectivity index is 1.31. The van der Waals surface area contributed by atoms with Crippen molar-refractivity contribution in [2.75, 3.05) is 0 Å². The van der Waals surface area contributed by atoms with Crippen molar-refractivity contribution in [3.05, 3.63) is 149 Å². The molecule has 10 nitrogen and oxygen atoms in total. The maximum absolute atomic E-state index is 14.9. The van der Waals surface area contributed by atoms with Crippen LogP contribution in [0.2, 0.25) is 0 Å². The molecule has 0 atom stereocenters. The zero-order chi connectivity index (χ0) is 32.6. The molecule has 10 aromatic rings. The number of hydrogen-bond acceptors (Lipinski definition) is 7. The SMILES string of the molecule is O=C(c1cc2ccccc2o1)c1nn(-c2ccccc2)c2nc3nc(-c4cc5ccccc5o4)cc(-c4c[nH]c5ccccc45)c3c(=O)n12. The second-order valence-electron chi connectivity index (χ2n) is 11.8. The number of nitrogens with one attached hydrogen (secondary N) is 1. The van der Waals surface area contributed by atoms with E-state index in [1.54, 1.807) is 12.1 Å². The normalized spacial score (nSPS) is 11.8. The minimum absolute atomic E-state index is 0.0584. The van der Waals surface area contributed by atoms with E-state index >= 15 is 0 Å². The van der Waals surface area contributed by atoms with Crippen LogP contribution in [-0.2, 0) is 0 Å². The molecule has 0 aliphatic carbocycles. The largest absolute Gasteiger partial charge is 0.454 e. The van der Waals surface area contributed by atoms with Crippen molar-refractivity contribution in [2.24, 2.45) is 0 Å². The molecule has 0 spiro atoms. The molecule has 10 heteroatoms. The Hall–Kier alpha value is -7.07. The quantitative estimate of drug-likeness (QED) is 0.190. The Bertz CT molecular complexity index is 2930. The third-order valence-corrected chi connectivity index (χ3v) is 8.83. The molecule has 1 N–H and O–H groups in total.